The molecule has 0 spiro atoms. The molecule has 1 aliphatic rings. The molecule has 29 heavy (non-hydrogen) atoms. The molecule has 1 aromatic heterocycles. The van der Waals surface area contributed by atoms with Gasteiger partial charge < -0.3 is 4.90 Å². The second-order valence-corrected chi connectivity index (χ2v) is 7.77. The van der Waals surface area contributed by atoms with Crippen molar-refractivity contribution in [1.82, 2.24) is 9.78 Å². The van der Waals surface area contributed by atoms with Crippen LogP contribution in [0.15, 0.2) is 65.5 Å². The first-order valence-electron chi connectivity index (χ1n) is 9.77. The van der Waals surface area contributed by atoms with Gasteiger partial charge in [-0.3, -0.25) is 9.59 Å². The van der Waals surface area contributed by atoms with Crippen LogP contribution in [0.4, 0.5) is 5.69 Å². The highest BCUT2D eigenvalue weighted by atomic mass is 35.5. The van der Waals surface area contributed by atoms with Crippen molar-refractivity contribution in [1.29, 1.82) is 0 Å². The number of hydrogen-bond acceptors (Lipinski definition) is 3. The number of rotatable bonds is 5. The van der Waals surface area contributed by atoms with E-state index >= 15 is 0 Å². The number of fused-ring (bicyclic) bond motifs is 1. The van der Waals surface area contributed by atoms with Crippen LogP contribution in [-0.4, -0.2) is 21.7 Å². The zero-order valence-electron chi connectivity index (χ0n) is 16.2. The second-order valence-electron chi connectivity index (χ2n) is 7.34. The summed E-state index contributed by atoms with van der Waals surface area (Å²) in [6, 6.07) is 18.7. The van der Waals surface area contributed by atoms with Gasteiger partial charge in [0.1, 0.15) is 0 Å². The van der Waals surface area contributed by atoms with Gasteiger partial charge in [-0.15, -0.1) is 0 Å². The lowest BCUT2D eigenvalue weighted by Crippen LogP contribution is -2.35. The highest BCUT2D eigenvalue weighted by Crippen LogP contribution is 2.32. The van der Waals surface area contributed by atoms with Gasteiger partial charge in [-0.1, -0.05) is 41.9 Å². The predicted molar refractivity (Wildman–Crippen MR) is 115 cm³/mol. The Balaban J connectivity index is 1.43. The minimum Gasteiger partial charge on any atom is -0.309 e. The lowest BCUT2D eigenvalue weighted by molar-refractivity contribution is -0.119. The number of anilines is 1. The Morgan fingerprint density at radius 2 is 1.86 bits per heavy atom. The maximum atomic E-state index is 12.8. The van der Waals surface area contributed by atoms with E-state index < -0.39 is 0 Å². The summed E-state index contributed by atoms with van der Waals surface area (Å²) in [6.07, 6.45) is 1.81. The summed E-state index contributed by atoms with van der Waals surface area (Å²) >= 11 is 5.94. The van der Waals surface area contributed by atoms with Crippen LogP contribution in [0, 0.1) is 0 Å². The molecule has 0 aliphatic carbocycles. The van der Waals surface area contributed by atoms with Crippen LogP contribution < -0.4 is 10.5 Å². The smallest absolute Gasteiger partial charge is 0.266 e. The van der Waals surface area contributed by atoms with Crippen LogP contribution in [0.3, 0.4) is 0 Å². The first-order chi connectivity index (χ1) is 14.0. The predicted octanol–water partition coefficient (Wildman–Crippen LogP) is 4.32. The van der Waals surface area contributed by atoms with Crippen LogP contribution in [0.5, 0.6) is 0 Å². The molecule has 1 amide bonds. The minimum absolute atomic E-state index is 0.0874. The van der Waals surface area contributed by atoms with Crippen LogP contribution in [0.1, 0.15) is 25.3 Å². The lowest BCUT2D eigenvalue weighted by atomic mass is 10.1. The molecule has 1 atom stereocenters. The molecule has 6 heteroatoms. The molecular weight excluding hydrogens is 386 g/mol. The molecule has 3 aromatic rings. The summed E-state index contributed by atoms with van der Waals surface area (Å²) < 4.78 is 1.43. The van der Waals surface area contributed by atoms with Crippen molar-refractivity contribution in [2.75, 3.05) is 4.90 Å². The maximum Gasteiger partial charge on any atom is 0.266 e. The summed E-state index contributed by atoms with van der Waals surface area (Å²) in [4.78, 5) is 26.9. The second kappa shape index (κ2) is 8.21. The third kappa shape index (κ3) is 4.10. The summed E-state index contributed by atoms with van der Waals surface area (Å²) in [5.74, 6) is 0.0874. The Bertz CT molecular complexity index is 1090. The standard InChI is InChI=1S/C23H22ClN3O2/c1-16-15-18-5-2-3-6-21(18)27(16)23(29)7-4-14-26-22(28)13-12-20(25-26)17-8-10-19(24)11-9-17/h2-3,5-6,8-13,16H,4,7,14-15H2,1H3. The van der Waals surface area contributed by atoms with Crippen LogP contribution >= 0.6 is 11.6 Å². The van der Waals surface area contributed by atoms with Crippen molar-refractivity contribution < 1.29 is 4.79 Å². The lowest BCUT2D eigenvalue weighted by Gasteiger charge is -2.22. The molecule has 5 nitrogen and oxygen atoms in total. The van der Waals surface area contributed by atoms with E-state index in [1.807, 2.05) is 35.2 Å². The Hall–Kier alpha value is -2.92. The summed E-state index contributed by atoms with van der Waals surface area (Å²) in [5.41, 5.74) is 3.64. The van der Waals surface area contributed by atoms with Gasteiger partial charge >= 0.3 is 0 Å². The van der Waals surface area contributed by atoms with Crippen molar-refractivity contribution in [3.8, 4) is 11.3 Å². The molecule has 0 N–H and O–H groups in total. The molecule has 0 radical (unpaired) electrons. The monoisotopic (exact) mass is 407 g/mol. The maximum absolute atomic E-state index is 12.8. The van der Waals surface area contributed by atoms with E-state index in [2.05, 4.69) is 18.1 Å². The first-order valence-corrected chi connectivity index (χ1v) is 10.1. The SMILES string of the molecule is CC1Cc2ccccc2N1C(=O)CCCn1nc(-c2ccc(Cl)cc2)ccc1=O. The van der Waals surface area contributed by atoms with E-state index in [0.717, 1.165) is 17.7 Å². The molecule has 1 unspecified atom stereocenters. The fourth-order valence-corrected chi connectivity index (χ4v) is 3.96. The molecular formula is C23H22ClN3O2. The molecule has 0 bridgehead atoms. The molecule has 0 fully saturated rings. The van der Waals surface area contributed by atoms with Gasteiger partial charge in [0.25, 0.3) is 5.56 Å². The van der Waals surface area contributed by atoms with Crippen LogP contribution in [0.2, 0.25) is 5.02 Å². The highest BCUT2D eigenvalue weighted by molar-refractivity contribution is 6.30. The molecule has 0 saturated heterocycles. The number of aryl methyl sites for hydroxylation is 1. The van der Waals surface area contributed by atoms with E-state index in [0.29, 0.717) is 30.1 Å². The van der Waals surface area contributed by atoms with Crippen LogP contribution in [-0.2, 0) is 17.8 Å². The number of halogens is 1. The van der Waals surface area contributed by atoms with Gasteiger partial charge in [-0.2, -0.15) is 5.10 Å². The zero-order valence-corrected chi connectivity index (χ0v) is 17.0. The van der Waals surface area contributed by atoms with Gasteiger partial charge in [0.2, 0.25) is 5.91 Å². The number of benzene rings is 2. The largest absolute Gasteiger partial charge is 0.309 e. The summed E-state index contributed by atoms with van der Waals surface area (Å²) in [5, 5.41) is 5.10. The summed E-state index contributed by atoms with van der Waals surface area (Å²) in [7, 11) is 0. The fourth-order valence-electron chi connectivity index (χ4n) is 3.83. The summed E-state index contributed by atoms with van der Waals surface area (Å²) in [6.45, 7) is 2.47. The number of para-hydroxylation sites is 1. The number of carbonyl (C=O) groups excluding carboxylic acids is 1. The minimum atomic E-state index is -0.171. The van der Waals surface area contributed by atoms with E-state index in [4.69, 9.17) is 11.6 Å². The molecule has 1 aliphatic heterocycles. The average Bonchev–Trinajstić information content (AvgIpc) is 3.05. The molecule has 2 heterocycles. The van der Waals surface area contributed by atoms with E-state index in [9.17, 15) is 9.59 Å². The Morgan fingerprint density at radius 3 is 2.66 bits per heavy atom. The van der Waals surface area contributed by atoms with E-state index in [1.165, 1.54) is 16.3 Å². The first kappa shape index (κ1) is 19.4. The number of aromatic nitrogens is 2. The van der Waals surface area contributed by atoms with E-state index in [1.54, 1.807) is 18.2 Å². The Kier molecular flexibility index (Phi) is 5.49. The number of carbonyl (C=O) groups is 1. The van der Waals surface area contributed by atoms with Crippen molar-refractivity contribution in [3.63, 3.8) is 0 Å². The van der Waals surface area contributed by atoms with Gasteiger partial charge in [-0.25, -0.2) is 4.68 Å². The van der Waals surface area contributed by atoms with Crippen molar-refractivity contribution in [3.05, 3.63) is 81.6 Å². The van der Waals surface area contributed by atoms with Crippen molar-refractivity contribution in [2.45, 2.75) is 38.8 Å². The molecule has 148 valence electrons. The highest BCUT2D eigenvalue weighted by Gasteiger charge is 2.29. The van der Waals surface area contributed by atoms with E-state index in [-0.39, 0.29) is 17.5 Å². The van der Waals surface area contributed by atoms with Crippen molar-refractivity contribution in [2.24, 2.45) is 0 Å². The fraction of sp³-hybridized carbons (Fsp3) is 0.261. The quantitative estimate of drug-likeness (QED) is 0.632. The average molecular weight is 408 g/mol. The van der Waals surface area contributed by atoms with Gasteiger partial charge in [-0.05, 0) is 49.6 Å². The van der Waals surface area contributed by atoms with Gasteiger partial charge in [0, 0.05) is 41.3 Å². The third-order valence-corrected chi connectivity index (χ3v) is 5.50. The van der Waals surface area contributed by atoms with Gasteiger partial charge in [0.15, 0.2) is 0 Å². The third-order valence-electron chi connectivity index (χ3n) is 5.24. The van der Waals surface area contributed by atoms with Crippen molar-refractivity contribution >= 4 is 23.2 Å². The Morgan fingerprint density at radius 1 is 1.10 bits per heavy atom. The number of amides is 1. The number of nitrogens with zero attached hydrogens (tertiary/aromatic N) is 3. The molecule has 4 rings (SSSR count). The Labute approximate surface area is 174 Å². The zero-order chi connectivity index (χ0) is 20.4. The topological polar surface area (TPSA) is 55.2 Å². The van der Waals surface area contributed by atoms with Crippen LogP contribution in [0.25, 0.3) is 11.3 Å². The van der Waals surface area contributed by atoms with Gasteiger partial charge in [0.05, 0.1) is 5.69 Å². The number of hydrogen-bond donors (Lipinski definition) is 0. The molecule has 2 aromatic carbocycles. The normalized spacial score (nSPS) is 15.4. The molecule has 0 saturated carbocycles.